The number of rotatable bonds is 4. The number of benzene rings is 1. The summed E-state index contributed by atoms with van der Waals surface area (Å²) in [5.74, 6) is 0.756. The molecule has 2 aliphatic rings. The molecule has 0 amide bonds. The normalized spacial score (nSPS) is 24.4. The Kier molecular flexibility index (Phi) is 3.44. The molecular weight excluding hydrogens is 236 g/mol. The summed E-state index contributed by atoms with van der Waals surface area (Å²) in [6, 6.07) is 8.48. The topological polar surface area (TPSA) is 26.3 Å². The first-order chi connectivity index (χ1) is 9.25. The van der Waals surface area contributed by atoms with Crippen LogP contribution in [0.3, 0.4) is 0 Å². The summed E-state index contributed by atoms with van der Waals surface area (Å²) in [7, 11) is 1.71. The predicted octanol–water partition coefficient (Wildman–Crippen LogP) is 3.63. The number of hydrogen-bond donors (Lipinski definition) is 0. The molecule has 1 aromatic carbocycles. The molecule has 0 aromatic heterocycles. The SMILES string of the molecule is COC1(C(=O)CC2Cc3ccccc32)CCCCC1. The van der Waals surface area contributed by atoms with Gasteiger partial charge in [-0.3, -0.25) is 4.79 Å². The fourth-order valence-electron chi connectivity index (χ4n) is 3.67. The van der Waals surface area contributed by atoms with Crippen LogP contribution in [-0.2, 0) is 16.0 Å². The molecule has 102 valence electrons. The highest BCUT2D eigenvalue weighted by atomic mass is 16.5. The Balaban J connectivity index is 1.69. The van der Waals surface area contributed by atoms with Gasteiger partial charge in [-0.25, -0.2) is 0 Å². The Labute approximate surface area is 115 Å². The summed E-state index contributed by atoms with van der Waals surface area (Å²) in [5.41, 5.74) is 2.32. The van der Waals surface area contributed by atoms with Crippen molar-refractivity contribution in [2.24, 2.45) is 0 Å². The van der Waals surface area contributed by atoms with Gasteiger partial charge in [-0.15, -0.1) is 0 Å². The first-order valence-corrected chi connectivity index (χ1v) is 7.41. The zero-order valence-corrected chi connectivity index (χ0v) is 11.7. The molecule has 1 saturated carbocycles. The standard InChI is InChI=1S/C17H22O2/c1-19-17(9-5-2-6-10-17)16(18)12-14-11-13-7-3-4-8-15(13)14/h3-4,7-8,14H,2,5-6,9-12H2,1H3. The van der Waals surface area contributed by atoms with Crippen LogP contribution in [0.1, 0.15) is 55.6 Å². The molecule has 2 heteroatoms. The third-order valence-electron chi connectivity index (χ3n) is 4.95. The highest BCUT2D eigenvalue weighted by molar-refractivity contribution is 5.88. The number of Topliss-reactive ketones (excluding diaryl/α,β-unsaturated/α-hetero) is 1. The van der Waals surface area contributed by atoms with E-state index in [0.29, 0.717) is 18.1 Å². The molecule has 0 N–H and O–H groups in total. The number of carbonyl (C=O) groups excluding carboxylic acids is 1. The van der Waals surface area contributed by atoms with Crippen LogP contribution in [0.4, 0.5) is 0 Å². The van der Waals surface area contributed by atoms with Crippen molar-refractivity contribution in [2.75, 3.05) is 7.11 Å². The lowest BCUT2D eigenvalue weighted by Gasteiger charge is -2.37. The fraction of sp³-hybridized carbons (Fsp3) is 0.588. The molecule has 0 aliphatic heterocycles. The van der Waals surface area contributed by atoms with Crippen molar-refractivity contribution in [2.45, 2.75) is 56.5 Å². The van der Waals surface area contributed by atoms with Gasteiger partial charge in [0, 0.05) is 13.5 Å². The van der Waals surface area contributed by atoms with E-state index in [2.05, 4.69) is 24.3 Å². The molecule has 2 nitrogen and oxygen atoms in total. The molecule has 0 heterocycles. The van der Waals surface area contributed by atoms with Crippen molar-refractivity contribution < 1.29 is 9.53 Å². The van der Waals surface area contributed by atoms with Crippen molar-refractivity contribution >= 4 is 5.78 Å². The summed E-state index contributed by atoms with van der Waals surface area (Å²) in [6.07, 6.45) is 7.03. The predicted molar refractivity (Wildman–Crippen MR) is 75.3 cm³/mol. The minimum absolute atomic E-state index is 0.328. The van der Waals surface area contributed by atoms with Crippen molar-refractivity contribution in [3.8, 4) is 0 Å². The number of ketones is 1. The molecule has 1 aromatic rings. The van der Waals surface area contributed by atoms with E-state index in [0.717, 1.165) is 32.1 Å². The number of fused-ring (bicyclic) bond motifs is 1. The van der Waals surface area contributed by atoms with E-state index in [1.54, 1.807) is 7.11 Å². The molecule has 0 spiro atoms. The van der Waals surface area contributed by atoms with E-state index in [4.69, 9.17) is 4.74 Å². The minimum atomic E-state index is -0.469. The average molecular weight is 258 g/mol. The van der Waals surface area contributed by atoms with Gasteiger partial charge in [0.05, 0.1) is 0 Å². The first-order valence-electron chi connectivity index (χ1n) is 7.41. The van der Waals surface area contributed by atoms with Crippen molar-refractivity contribution in [1.82, 2.24) is 0 Å². The van der Waals surface area contributed by atoms with Crippen LogP contribution >= 0.6 is 0 Å². The molecule has 1 fully saturated rings. The Morgan fingerprint density at radius 3 is 2.68 bits per heavy atom. The van der Waals surface area contributed by atoms with Gasteiger partial charge >= 0.3 is 0 Å². The van der Waals surface area contributed by atoms with E-state index in [9.17, 15) is 4.79 Å². The van der Waals surface area contributed by atoms with Gasteiger partial charge in [-0.1, -0.05) is 43.5 Å². The molecular formula is C17H22O2. The Bertz CT molecular complexity index is 472. The first kappa shape index (κ1) is 12.9. The number of carbonyl (C=O) groups is 1. The molecule has 2 aliphatic carbocycles. The van der Waals surface area contributed by atoms with Crippen LogP contribution in [0.2, 0.25) is 0 Å². The third-order valence-corrected chi connectivity index (χ3v) is 4.95. The average Bonchev–Trinajstić information content (AvgIpc) is 2.45. The molecule has 19 heavy (non-hydrogen) atoms. The van der Waals surface area contributed by atoms with Gasteiger partial charge in [0.1, 0.15) is 5.60 Å². The molecule has 3 rings (SSSR count). The van der Waals surface area contributed by atoms with Gasteiger partial charge in [-0.2, -0.15) is 0 Å². The highest BCUT2D eigenvalue weighted by Crippen LogP contribution is 2.41. The smallest absolute Gasteiger partial charge is 0.165 e. The Hall–Kier alpha value is -1.15. The fourth-order valence-corrected chi connectivity index (χ4v) is 3.67. The second kappa shape index (κ2) is 5.09. The number of hydrogen-bond acceptors (Lipinski definition) is 2. The largest absolute Gasteiger partial charge is 0.370 e. The maximum atomic E-state index is 12.6. The van der Waals surface area contributed by atoms with E-state index in [-0.39, 0.29) is 0 Å². The van der Waals surface area contributed by atoms with Crippen LogP contribution in [0.25, 0.3) is 0 Å². The van der Waals surface area contributed by atoms with Gasteiger partial charge in [0.15, 0.2) is 5.78 Å². The summed E-state index contributed by atoms with van der Waals surface area (Å²) in [6.45, 7) is 0. The minimum Gasteiger partial charge on any atom is -0.370 e. The van der Waals surface area contributed by atoms with E-state index >= 15 is 0 Å². The maximum absolute atomic E-state index is 12.6. The highest BCUT2D eigenvalue weighted by Gasteiger charge is 2.41. The van der Waals surface area contributed by atoms with Crippen molar-refractivity contribution in [1.29, 1.82) is 0 Å². The molecule has 0 bridgehead atoms. The van der Waals surface area contributed by atoms with Crippen molar-refractivity contribution in [3.05, 3.63) is 35.4 Å². The van der Waals surface area contributed by atoms with E-state index in [1.165, 1.54) is 17.5 Å². The summed E-state index contributed by atoms with van der Waals surface area (Å²) in [5, 5.41) is 0. The lowest BCUT2D eigenvalue weighted by molar-refractivity contribution is -0.145. The van der Waals surface area contributed by atoms with Gasteiger partial charge in [0.2, 0.25) is 0 Å². The quantitative estimate of drug-likeness (QED) is 0.824. The Morgan fingerprint density at radius 2 is 2.00 bits per heavy atom. The maximum Gasteiger partial charge on any atom is 0.165 e. The molecule has 1 unspecified atom stereocenters. The lowest BCUT2D eigenvalue weighted by Crippen LogP contribution is -2.43. The van der Waals surface area contributed by atoms with E-state index < -0.39 is 5.60 Å². The summed E-state index contributed by atoms with van der Waals surface area (Å²) < 4.78 is 5.65. The molecule has 1 atom stereocenters. The van der Waals surface area contributed by atoms with Crippen LogP contribution in [0.15, 0.2) is 24.3 Å². The second-order valence-corrected chi connectivity index (χ2v) is 5.99. The van der Waals surface area contributed by atoms with Crippen LogP contribution in [-0.4, -0.2) is 18.5 Å². The third kappa shape index (κ3) is 2.23. The van der Waals surface area contributed by atoms with Crippen molar-refractivity contribution in [3.63, 3.8) is 0 Å². The monoisotopic (exact) mass is 258 g/mol. The molecule has 0 radical (unpaired) electrons. The van der Waals surface area contributed by atoms with Crippen LogP contribution in [0.5, 0.6) is 0 Å². The lowest BCUT2D eigenvalue weighted by atomic mass is 9.71. The van der Waals surface area contributed by atoms with Gasteiger partial charge < -0.3 is 4.74 Å². The number of ether oxygens (including phenoxy) is 1. The van der Waals surface area contributed by atoms with Gasteiger partial charge in [0.25, 0.3) is 0 Å². The summed E-state index contributed by atoms with van der Waals surface area (Å²) in [4.78, 5) is 12.6. The summed E-state index contributed by atoms with van der Waals surface area (Å²) >= 11 is 0. The van der Waals surface area contributed by atoms with E-state index in [1.807, 2.05) is 0 Å². The van der Waals surface area contributed by atoms with Gasteiger partial charge in [-0.05, 0) is 36.3 Å². The zero-order chi connectivity index (χ0) is 13.3. The Morgan fingerprint density at radius 1 is 1.26 bits per heavy atom. The number of methoxy groups -OCH3 is 1. The molecule has 0 saturated heterocycles. The second-order valence-electron chi connectivity index (χ2n) is 5.99. The van der Waals surface area contributed by atoms with Crippen LogP contribution < -0.4 is 0 Å². The zero-order valence-electron chi connectivity index (χ0n) is 11.7. The van der Waals surface area contributed by atoms with Crippen LogP contribution in [0, 0.1) is 0 Å².